The van der Waals surface area contributed by atoms with Crippen molar-refractivity contribution in [2.24, 2.45) is 0 Å². The highest BCUT2D eigenvalue weighted by Crippen LogP contribution is 2.23. The predicted molar refractivity (Wildman–Crippen MR) is 129 cm³/mol. The summed E-state index contributed by atoms with van der Waals surface area (Å²) in [6.07, 6.45) is 5.78. The predicted octanol–water partition coefficient (Wildman–Crippen LogP) is 5.68. The smallest absolute Gasteiger partial charge is 0.335 e. The number of anilines is 1. The summed E-state index contributed by atoms with van der Waals surface area (Å²) >= 11 is 0. The Morgan fingerprint density at radius 3 is 2.28 bits per heavy atom. The van der Waals surface area contributed by atoms with Gasteiger partial charge in [-0.05, 0) is 72.0 Å². The lowest BCUT2D eigenvalue weighted by molar-refractivity contribution is 0.0696. The number of hydrogen-bond donors (Lipinski definition) is 1. The first-order valence-electron chi connectivity index (χ1n) is 10.5. The van der Waals surface area contributed by atoms with Gasteiger partial charge in [0.05, 0.1) is 12.7 Å². The molecular weight excluding hydrogens is 402 g/mol. The average molecular weight is 432 g/mol. The fourth-order valence-electron chi connectivity index (χ4n) is 3.38. The number of rotatable bonds is 10. The van der Waals surface area contributed by atoms with Crippen LogP contribution in [0, 0.1) is 0 Å². The number of carboxylic acid groups (broad SMARTS) is 1. The molecule has 0 atom stereocenters. The van der Waals surface area contributed by atoms with Gasteiger partial charge in [0.2, 0.25) is 0 Å². The van der Waals surface area contributed by atoms with E-state index in [1.165, 1.54) is 0 Å². The molecule has 32 heavy (non-hydrogen) atoms. The van der Waals surface area contributed by atoms with Crippen LogP contribution < -0.4 is 14.4 Å². The molecule has 3 aromatic carbocycles. The first-order chi connectivity index (χ1) is 15.5. The Bertz CT molecular complexity index is 1050. The Morgan fingerprint density at radius 1 is 0.969 bits per heavy atom. The van der Waals surface area contributed by atoms with Crippen LogP contribution >= 0.6 is 0 Å². The maximum Gasteiger partial charge on any atom is 0.335 e. The van der Waals surface area contributed by atoms with E-state index in [9.17, 15) is 9.90 Å². The monoisotopic (exact) mass is 431 g/mol. The van der Waals surface area contributed by atoms with Crippen molar-refractivity contribution in [3.63, 3.8) is 0 Å². The van der Waals surface area contributed by atoms with Crippen molar-refractivity contribution in [2.45, 2.75) is 19.4 Å². The van der Waals surface area contributed by atoms with Crippen molar-refractivity contribution >= 4 is 17.7 Å². The third-order valence-electron chi connectivity index (χ3n) is 5.14. The molecule has 5 nitrogen and oxygen atoms in total. The van der Waals surface area contributed by atoms with E-state index in [2.05, 4.69) is 12.2 Å². The molecule has 0 spiro atoms. The minimum atomic E-state index is -0.901. The SMILES string of the molecule is COc1ccc(COc2ccc(/C=C/CCc3cc(C(=O)O)ccc3N(C)C)cc2)cc1. The summed E-state index contributed by atoms with van der Waals surface area (Å²) in [6, 6.07) is 21.1. The summed E-state index contributed by atoms with van der Waals surface area (Å²) in [7, 11) is 5.58. The van der Waals surface area contributed by atoms with Gasteiger partial charge in [0.1, 0.15) is 18.1 Å². The van der Waals surface area contributed by atoms with Gasteiger partial charge in [0.25, 0.3) is 0 Å². The topological polar surface area (TPSA) is 59.0 Å². The summed E-state index contributed by atoms with van der Waals surface area (Å²) in [4.78, 5) is 13.3. The number of aryl methyl sites for hydroxylation is 1. The molecular formula is C27H29NO4. The van der Waals surface area contributed by atoms with Crippen molar-refractivity contribution in [1.82, 2.24) is 0 Å². The van der Waals surface area contributed by atoms with E-state index in [1.54, 1.807) is 19.2 Å². The van der Waals surface area contributed by atoms with Crippen molar-refractivity contribution < 1.29 is 19.4 Å². The van der Waals surface area contributed by atoms with E-state index in [4.69, 9.17) is 9.47 Å². The van der Waals surface area contributed by atoms with Crippen LogP contribution in [-0.4, -0.2) is 32.3 Å². The number of methoxy groups -OCH3 is 1. The van der Waals surface area contributed by atoms with Gasteiger partial charge in [-0.3, -0.25) is 0 Å². The molecule has 3 rings (SSSR count). The van der Waals surface area contributed by atoms with Crippen molar-refractivity contribution in [3.05, 3.63) is 95.1 Å². The number of ether oxygens (including phenoxy) is 2. The van der Waals surface area contributed by atoms with E-state index in [0.29, 0.717) is 12.2 Å². The number of benzene rings is 3. The van der Waals surface area contributed by atoms with Crippen LogP contribution in [0.5, 0.6) is 11.5 Å². The molecule has 166 valence electrons. The van der Waals surface area contributed by atoms with Crippen molar-refractivity contribution in [3.8, 4) is 11.5 Å². The van der Waals surface area contributed by atoms with Gasteiger partial charge < -0.3 is 19.5 Å². The molecule has 0 radical (unpaired) electrons. The molecule has 1 N–H and O–H groups in total. The second kappa shape index (κ2) is 11.0. The molecule has 0 saturated heterocycles. The van der Waals surface area contributed by atoms with E-state index in [-0.39, 0.29) is 0 Å². The van der Waals surface area contributed by atoms with Gasteiger partial charge in [-0.2, -0.15) is 0 Å². The molecule has 0 aromatic heterocycles. The van der Waals surface area contributed by atoms with Crippen molar-refractivity contribution in [1.29, 1.82) is 0 Å². The molecule has 0 aliphatic heterocycles. The molecule has 5 heteroatoms. The normalized spacial score (nSPS) is 10.8. The molecule has 0 bridgehead atoms. The number of aromatic carboxylic acids is 1. The van der Waals surface area contributed by atoms with Crippen LogP contribution in [0.3, 0.4) is 0 Å². The van der Waals surface area contributed by atoms with Crippen LogP contribution in [-0.2, 0) is 13.0 Å². The zero-order valence-corrected chi connectivity index (χ0v) is 18.7. The van der Waals surface area contributed by atoms with Gasteiger partial charge in [-0.1, -0.05) is 36.4 Å². The quantitative estimate of drug-likeness (QED) is 0.447. The molecule has 3 aromatic rings. The summed E-state index contributed by atoms with van der Waals surface area (Å²) in [5.41, 5.74) is 4.57. The maximum atomic E-state index is 11.3. The average Bonchev–Trinajstić information content (AvgIpc) is 2.81. The Balaban J connectivity index is 1.54. The standard InChI is InChI=1S/C27H29NO4/c1-28(2)26-17-12-23(27(29)30)18-22(26)7-5-4-6-20-8-15-25(16-9-20)32-19-21-10-13-24(31-3)14-11-21/h4,6,8-18H,5,7,19H2,1-3H3,(H,29,30)/b6-4+. The highest BCUT2D eigenvalue weighted by molar-refractivity contribution is 5.88. The second-order valence-corrected chi connectivity index (χ2v) is 7.69. The number of allylic oxidation sites excluding steroid dienone is 1. The fourth-order valence-corrected chi connectivity index (χ4v) is 3.38. The van der Waals surface area contributed by atoms with Gasteiger partial charge in [-0.25, -0.2) is 4.79 Å². The molecule has 0 heterocycles. The van der Waals surface area contributed by atoms with Crippen molar-refractivity contribution in [2.75, 3.05) is 26.1 Å². The van der Waals surface area contributed by atoms with E-state index in [1.807, 2.05) is 73.6 Å². The first-order valence-corrected chi connectivity index (χ1v) is 10.5. The fraction of sp³-hybridized carbons (Fsp3) is 0.222. The minimum absolute atomic E-state index is 0.319. The summed E-state index contributed by atoms with van der Waals surface area (Å²) in [6.45, 7) is 0.503. The van der Waals surface area contributed by atoms with Crippen LogP contribution in [0.25, 0.3) is 6.08 Å². The summed E-state index contributed by atoms with van der Waals surface area (Å²) in [5.74, 6) is 0.748. The minimum Gasteiger partial charge on any atom is -0.497 e. The lowest BCUT2D eigenvalue weighted by Crippen LogP contribution is -2.12. The number of carbonyl (C=O) groups is 1. The largest absolute Gasteiger partial charge is 0.497 e. The molecule has 0 unspecified atom stereocenters. The van der Waals surface area contributed by atoms with Gasteiger partial charge in [0, 0.05) is 19.8 Å². The lowest BCUT2D eigenvalue weighted by atomic mass is 10.0. The highest BCUT2D eigenvalue weighted by atomic mass is 16.5. The molecule has 0 aliphatic rings. The zero-order valence-electron chi connectivity index (χ0n) is 18.7. The van der Waals surface area contributed by atoms with E-state index >= 15 is 0 Å². The zero-order chi connectivity index (χ0) is 22.9. The van der Waals surface area contributed by atoms with E-state index < -0.39 is 5.97 Å². The molecule has 0 aliphatic carbocycles. The van der Waals surface area contributed by atoms with Gasteiger partial charge in [-0.15, -0.1) is 0 Å². The van der Waals surface area contributed by atoms with Crippen LogP contribution in [0.1, 0.15) is 33.5 Å². The van der Waals surface area contributed by atoms with Crippen LogP contribution in [0.2, 0.25) is 0 Å². The Labute approximate surface area is 189 Å². The van der Waals surface area contributed by atoms with Gasteiger partial charge >= 0.3 is 5.97 Å². The second-order valence-electron chi connectivity index (χ2n) is 7.69. The van der Waals surface area contributed by atoms with Crippen LogP contribution in [0.4, 0.5) is 5.69 Å². The van der Waals surface area contributed by atoms with Crippen LogP contribution in [0.15, 0.2) is 72.8 Å². The maximum absolute atomic E-state index is 11.3. The molecule has 0 amide bonds. The molecule has 0 fully saturated rings. The van der Waals surface area contributed by atoms with Gasteiger partial charge in [0.15, 0.2) is 0 Å². The molecule has 0 saturated carbocycles. The Hall–Kier alpha value is -3.73. The van der Waals surface area contributed by atoms with E-state index in [0.717, 1.165) is 46.7 Å². The first kappa shape index (κ1) is 22.9. The number of hydrogen-bond acceptors (Lipinski definition) is 4. The lowest BCUT2D eigenvalue weighted by Gasteiger charge is -2.17. The summed E-state index contributed by atoms with van der Waals surface area (Å²) in [5, 5.41) is 9.26. The third-order valence-corrected chi connectivity index (χ3v) is 5.14. The highest BCUT2D eigenvalue weighted by Gasteiger charge is 2.09. The summed E-state index contributed by atoms with van der Waals surface area (Å²) < 4.78 is 11.0. The third kappa shape index (κ3) is 6.38. The number of carboxylic acids is 1. The Morgan fingerprint density at radius 2 is 1.66 bits per heavy atom. The number of nitrogens with zero attached hydrogens (tertiary/aromatic N) is 1. The Kier molecular flexibility index (Phi) is 7.92.